The van der Waals surface area contributed by atoms with Gasteiger partial charge in [0.05, 0.1) is 12.3 Å². The molecule has 1 aliphatic rings. The molecule has 1 saturated heterocycles. The van der Waals surface area contributed by atoms with Crippen LogP contribution < -0.4 is 4.90 Å². The average Bonchev–Trinajstić information content (AvgIpc) is 3.04. The van der Waals surface area contributed by atoms with Crippen LogP contribution in [-0.2, 0) is 11.3 Å². The molecule has 3 rings (SSSR count). The van der Waals surface area contributed by atoms with E-state index in [9.17, 15) is 0 Å². The Hall–Kier alpha value is -1.94. The summed E-state index contributed by atoms with van der Waals surface area (Å²) in [5.41, 5.74) is 3.66. The molecule has 1 fully saturated rings. The first kappa shape index (κ1) is 14.0. The Morgan fingerprint density at radius 3 is 2.76 bits per heavy atom. The van der Waals surface area contributed by atoms with Gasteiger partial charge in [-0.2, -0.15) is 0 Å². The molecule has 1 atom stereocenters. The van der Waals surface area contributed by atoms with E-state index in [1.54, 1.807) is 6.33 Å². The van der Waals surface area contributed by atoms with Gasteiger partial charge in [-0.15, -0.1) is 0 Å². The van der Waals surface area contributed by atoms with Gasteiger partial charge in [-0.05, 0) is 18.9 Å². The number of hydrogen-bond acceptors (Lipinski definition) is 4. The highest BCUT2D eigenvalue weighted by Crippen LogP contribution is 2.25. The maximum Gasteiger partial charge on any atom is 0.132 e. The molecule has 110 valence electrons. The molecule has 0 bridgehead atoms. The zero-order valence-corrected chi connectivity index (χ0v) is 12.6. The average molecular weight is 283 g/mol. The second-order valence-electron chi connectivity index (χ2n) is 5.70. The van der Waals surface area contributed by atoms with Crippen molar-refractivity contribution in [2.24, 2.45) is 0 Å². The molecule has 4 heteroatoms. The van der Waals surface area contributed by atoms with Crippen LogP contribution in [0.15, 0.2) is 36.7 Å². The molecule has 2 aromatic rings. The fourth-order valence-electron chi connectivity index (χ4n) is 2.61. The Morgan fingerprint density at radius 1 is 1.24 bits per heavy atom. The van der Waals surface area contributed by atoms with E-state index in [2.05, 4.69) is 59.2 Å². The number of aromatic nitrogens is 2. The largest absolute Gasteiger partial charge is 0.381 e. The summed E-state index contributed by atoms with van der Waals surface area (Å²) in [6, 6.07) is 10.7. The van der Waals surface area contributed by atoms with Crippen molar-refractivity contribution in [2.45, 2.75) is 25.8 Å². The number of benzene rings is 1. The van der Waals surface area contributed by atoms with Crippen molar-refractivity contribution in [1.29, 1.82) is 0 Å². The lowest BCUT2D eigenvalue weighted by molar-refractivity contribution is 0.193. The number of ether oxygens (including phenoxy) is 1. The van der Waals surface area contributed by atoms with Crippen LogP contribution in [0.25, 0.3) is 0 Å². The van der Waals surface area contributed by atoms with Crippen LogP contribution in [0.2, 0.25) is 0 Å². The first-order valence-corrected chi connectivity index (χ1v) is 7.39. The zero-order chi connectivity index (χ0) is 14.7. The molecule has 0 saturated carbocycles. The highest BCUT2D eigenvalue weighted by Gasteiger charge is 2.20. The smallest absolute Gasteiger partial charge is 0.132 e. The maximum absolute atomic E-state index is 5.44. The number of anilines is 1. The highest BCUT2D eigenvalue weighted by atomic mass is 16.5. The molecule has 1 unspecified atom stereocenters. The quantitative estimate of drug-likeness (QED) is 0.864. The predicted molar refractivity (Wildman–Crippen MR) is 83.5 cm³/mol. The lowest BCUT2D eigenvalue weighted by atomic mass is 10.0. The van der Waals surface area contributed by atoms with Crippen LogP contribution >= 0.6 is 0 Å². The Bertz CT molecular complexity index is 591. The number of hydrogen-bond donors (Lipinski definition) is 0. The Labute approximate surface area is 125 Å². The van der Waals surface area contributed by atoms with Crippen LogP contribution in [0.5, 0.6) is 0 Å². The van der Waals surface area contributed by atoms with Crippen LogP contribution in [-0.4, -0.2) is 30.2 Å². The molecule has 1 aliphatic heterocycles. The molecule has 2 heterocycles. The summed E-state index contributed by atoms with van der Waals surface area (Å²) in [6.07, 6.45) is 2.72. The SMILES string of the molecule is Cc1ccc(CN(C)c2cc(C3CCOC3)ncn2)cc1. The van der Waals surface area contributed by atoms with Gasteiger partial charge in [-0.25, -0.2) is 9.97 Å². The van der Waals surface area contributed by atoms with Crippen LogP contribution in [0.4, 0.5) is 5.82 Å². The molecule has 0 spiro atoms. The van der Waals surface area contributed by atoms with E-state index in [0.717, 1.165) is 37.7 Å². The predicted octanol–water partition coefficient (Wildman–Crippen LogP) is 2.93. The van der Waals surface area contributed by atoms with Gasteiger partial charge in [0, 0.05) is 32.2 Å². The van der Waals surface area contributed by atoms with Gasteiger partial charge < -0.3 is 9.64 Å². The first-order valence-electron chi connectivity index (χ1n) is 7.39. The van der Waals surface area contributed by atoms with Crippen molar-refractivity contribution >= 4 is 5.82 Å². The Kier molecular flexibility index (Phi) is 4.15. The monoisotopic (exact) mass is 283 g/mol. The van der Waals surface area contributed by atoms with E-state index < -0.39 is 0 Å². The van der Waals surface area contributed by atoms with Crippen LogP contribution in [0.1, 0.15) is 29.2 Å². The first-order chi connectivity index (χ1) is 10.2. The van der Waals surface area contributed by atoms with Crippen molar-refractivity contribution in [2.75, 3.05) is 25.2 Å². The summed E-state index contributed by atoms with van der Waals surface area (Å²) in [4.78, 5) is 11.0. The zero-order valence-electron chi connectivity index (χ0n) is 12.6. The van der Waals surface area contributed by atoms with Gasteiger partial charge in [0.15, 0.2) is 0 Å². The molecule has 21 heavy (non-hydrogen) atoms. The van der Waals surface area contributed by atoms with Crippen LogP contribution in [0.3, 0.4) is 0 Å². The summed E-state index contributed by atoms with van der Waals surface area (Å²) in [7, 11) is 2.07. The van der Waals surface area contributed by atoms with E-state index in [-0.39, 0.29) is 0 Å². The second kappa shape index (κ2) is 6.22. The van der Waals surface area contributed by atoms with E-state index in [1.165, 1.54) is 11.1 Å². The molecule has 0 amide bonds. The van der Waals surface area contributed by atoms with Gasteiger partial charge in [-0.1, -0.05) is 29.8 Å². The molecule has 1 aromatic carbocycles. The summed E-state index contributed by atoms with van der Waals surface area (Å²) < 4.78 is 5.44. The third kappa shape index (κ3) is 3.39. The minimum atomic E-state index is 0.416. The van der Waals surface area contributed by atoms with Crippen molar-refractivity contribution in [3.63, 3.8) is 0 Å². The normalized spacial score (nSPS) is 17.9. The van der Waals surface area contributed by atoms with Gasteiger partial charge in [0.25, 0.3) is 0 Å². The lowest BCUT2D eigenvalue weighted by Gasteiger charge is -2.19. The van der Waals surface area contributed by atoms with E-state index in [4.69, 9.17) is 4.74 Å². The van der Waals surface area contributed by atoms with Crippen molar-refractivity contribution in [1.82, 2.24) is 9.97 Å². The summed E-state index contributed by atoms with van der Waals surface area (Å²) in [5, 5.41) is 0. The molecule has 0 aliphatic carbocycles. The fourth-order valence-corrected chi connectivity index (χ4v) is 2.61. The Morgan fingerprint density at radius 2 is 2.05 bits per heavy atom. The van der Waals surface area contributed by atoms with Crippen molar-refractivity contribution in [3.05, 3.63) is 53.5 Å². The fraction of sp³-hybridized carbons (Fsp3) is 0.412. The van der Waals surface area contributed by atoms with Crippen molar-refractivity contribution < 1.29 is 4.74 Å². The van der Waals surface area contributed by atoms with E-state index in [1.807, 2.05) is 0 Å². The molecule has 0 N–H and O–H groups in total. The molecular formula is C17H21N3O. The number of rotatable bonds is 4. The maximum atomic E-state index is 5.44. The van der Waals surface area contributed by atoms with Gasteiger partial charge in [0.2, 0.25) is 0 Å². The highest BCUT2D eigenvalue weighted by molar-refractivity contribution is 5.40. The topological polar surface area (TPSA) is 38.2 Å². The molecule has 1 aromatic heterocycles. The minimum Gasteiger partial charge on any atom is -0.381 e. The minimum absolute atomic E-state index is 0.416. The van der Waals surface area contributed by atoms with Gasteiger partial charge >= 0.3 is 0 Å². The third-order valence-electron chi connectivity index (χ3n) is 3.95. The molecule has 4 nitrogen and oxygen atoms in total. The standard InChI is InChI=1S/C17H21N3O/c1-13-3-5-14(6-4-13)10-20(2)17-9-16(18-12-19-17)15-7-8-21-11-15/h3-6,9,12,15H,7-8,10-11H2,1-2H3. The molecular weight excluding hydrogens is 262 g/mol. The lowest BCUT2D eigenvalue weighted by Crippen LogP contribution is -2.18. The van der Waals surface area contributed by atoms with E-state index >= 15 is 0 Å². The van der Waals surface area contributed by atoms with Crippen LogP contribution in [0, 0.1) is 6.92 Å². The van der Waals surface area contributed by atoms with E-state index in [0.29, 0.717) is 5.92 Å². The summed E-state index contributed by atoms with van der Waals surface area (Å²) >= 11 is 0. The van der Waals surface area contributed by atoms with Gasteiger partial charge in [-0.3, -0.25) is 0 Å². The van der Waals surface area contributed by atoms with Gasteiger partial charge in [0.1, 0.15) is 12.1 Å². The molecule has 0 radical (unpaired) electrons. The number of nitrogens with zero attached hydrogens (tertiary/aromatic N) is 3. The summed E-state index contributed by atoms with van der Waals surface area (Å²) in [6.45, 7) is 4.56. The number of aryl methyl sites for hydroxylation is 1. The third-order valence-corrected chi connectivity index (χ3v) is 3.95. The van der Waals surface area contributed by atoms with Crippen molar-refractivity contribution in [3.8, 4) is 0 Å². The second-order valence-corrected chi connectivity index (χ2v) is 5.70. The Balaban J connectivity index is 1.73. The summed E-state index contributed by atoms with van der Waals surface area (Å²) in [5.74, 6) is 1.38.